The first-order chi connectivity index (χ1) is 10.3. The highest BCUT2D eigenvalue weighted by atomic mass is 19.4. The third-order valence-electron chi connectivity index (χ3n) is 3.52. The molecular formula is C12H13F3N6O. The van der Waals surface area contributed by atoms with Crippen LogP contribution in [0.25, 0.3) is 0 Å². The molecule has 22 heavy (non-hydrogen) atoms. The number of alkyl halides is 3. The lowest BCUT2D eigenvalue weighted by atomic mass is 10.3. The van der Waals surface area contributed by atoms with E-state index < -0.39 is 11.9 Å². The number of nitrogens with zero attached hydrogens (tertiary/aromatic N) is 6. The van der Waals surface area contributed by atoms with Crippen LogP contribution in [0.15, 0.2) is 12.3 Å². The van der Waals surface area contributed by atoms with E-state index in [9.17, 15) is 18.0 Å². The summed E-state index contributed by atoms with van der Waals surface area (Å²) in [6.45, 7) is 2.94. The number of aryl methyl sites for hydroxylation is 1. The summed E-state index contributed by atoms with van der Waals surface area (Å²) in [4.78, 5) is 13.7. The fourth-order valence-electron chi connectivity index (χ4n) is 2.36. The van der Waals surface area contributed by atoms with E-state index in [2.05, 4.69) is 15.3 Å². The number of aromatic nitrogens is 5. The Morgan fingerprint density at radius 2 is 2.09 bits per heavy atom. The first-order valence-corrected chi connectivity index (χ1v) is 6.61. The van der Waals surface area contributed by atoms with Crippen LogP contribution in [-0.2, 0) is 30.6 Å². The SMILES string of the molecule is Cc1nnc2n1CCN(C(=O)Cn1ccc(C(F)(F)F)n1)C2. The van der Waals surface area contributed by atoms with Crippen LogP contribution in [-0.4, -0.2) is 41.9 Å². The summed E-state index contributed by atoms with van der Waals surface area (Å²) in [6, 6.07) is 0.851. The fraction of sp³-hybridized carbons (Fsp3) is 0.500. The summed E-state index contributed by atoms with van der Waals surface area (Å²) < 4.78 is 40.3. The van der Waals surface area contributed by atoms with Crippen LogP contribution in [0.4, 0.5) is 13.2 Å². The predicted octanol–water partition coefficient (Wildman–Crippen LogP) is 0.844. The molecule has 7 nitrogen and oxygen atoms in total. The molecule has 0 aliphatic carbocycles. The van der Waals surface area contributed by atoms with Crippen molar-refractivity contribution in [2.24, 2.45) is 0 Å². The lowest BCUT2D eigenvalue weighted by molar-refractivity contribution is -0.142. The van der Waals surface area contributed by atoms with E-state index in [1.54, 1.807) is 4.90 Å². The molecule has 0 atom stereocenters. The predicted molar refractivity (Wildman–Crippen MR) is 67.4 cm³/mol. The summed E-state index contributed by atoms with van der Waals surface area (Å²) >= 11 is 0. The number of halogens is 3. The minimum atomic E-state index is -4.51. The van der Waals surface area contributed by atoms with Crippen molar-refractivity contribution in [1.29, 1.82) is 0 Å². The van der Waals surface area contributed by atoms with Gasteiger partial charge in [-0.15, -0.1) is 10.2 Å². The number of amides is 1. The number of rotatable bonds is 2. The molecule has 0 aromatic carbocycles. The van der Waals surface area contributed by atoms with Gasteiger partial charge >= 0.3 is 6.18 Å². The van der Waals surface area contributed by atoms with Crippen molar-refractivity contribution in [3.8, 4) is 0 Å². The van der Waals surface area contributed by atoms with Crippen molar-refractivity contribution in [3.63, 3.8) is 0 Å². The van der Waals surface area contributed by atoms with Gasteiger partial charge in [-0.05, 0) is 13.0 Å². The smallest absolute Gasteiger partial charge is 0.332 e. The molecule has 2 aromatic heterocycles. The van der Waals surface area contributed by atoms with Crippen LogP contribution < -0.4 is 0 Å². The average molecular weight is 314 g/mol. The summed E-state index contributed by atoms with van der Waals surface area (Å²) in [5, 5.41) is 11.3. The second kappa shape index (κ2) is 5.11. The molecule has 1 aliphatic rings. The van der Waals surface area contributed by atoms with Crippen molar-refractivity contribution < 1.29 is 18.0 Å². The van der Waals surface area contributed by atoms with Gasteiger partial charge in [-0.1, -0.05) is 0 Å². The molecule has 0 radical (unpaired) electrons. The van der Waals surface area contributed by atoms with E-state index in [0.29, 0.717) is 25.5 Å². The maximum Gasteiger partial charge on any atom is 0.435 e. The van der Waals surface area contributed by atoms with Gasteiger partial charge in [0.2, 0.25) is 5.91 Å². The second-order valence-corrected chi connectivity index (χ2v) is 5.03. The highest BCUT2D eigenvalue weighted by Crippen LogP contribution is 2.27. The standard InChI is InChI=1S/C12H13F3N6O/c1-8-16-17-10-6-19(4-5-21(8)10)11(22)7-20-3-2-9(18-20)12(13,14)15/h2-3H,4-7H2,1H3. The molecule has 1 amide bonds. The molecule has 1 aliphatic heterocycles. The van der Waals surface area contributed by atoms with E-state index in [1.165, 1.54) is 0 Å². The number of hydrogen-bond acceptors (Lipinski definition) is 4. The third-order valence-corrected chi connectivity index (χ3v) is 3.52. The summed E-state index contributed by atoms with van der Waals surface area (Å²) in [5.74, 6) is 1.15. The second-order valence-electron chi connectivity index (χ2n) is 5.03. The average Bonchev–Trinajstić information content (AvgIpc) is 3.05. The Bertz CT molecular complexity index is 704. The Morgan fingerprint density at radius 3 is 2.77 bits per heavy atom. The maximum absolute atomic E-state index is 12.5. The van der Waals surface area contributed by atoms with Crippen LogP contribution in [0.5, 0.6) is 0 Å². The first kappa shape index (κ1) is 14.5. The summed E-state index contributed by atoms with van der Waals surface area (Å²) in [7, 11) is 0. The minimum Gasteiger partial charge on any atom is -0.332 e. The van der Waals surface area contributed by atoms with Gasteiger partial charge in [-0.25, -0.2) is 0 Å². The van der Waals surface area contributed by atoms with Crippen molar-refractivity contribution in [1.82, 2.24) is 29.4 Å². The van der Waals surface area contributed by atoms with E-state index in [1.807, 2.05) is 11.5 Å². The topological polar surface area (TPSA) is 68.8 Å². The zero-order valence-electron chi connectivity index (χ0n) is 11.7. The highest BCUT2D eigenvalue weighted by molar-refractivity contribution is 5.75. The van der Waals surface area contributed by atoms with Crippen molar-refractivity contribution in [2.45, 2.75) is 32.7 Å². The van der Waals surface area contributed by atoms with E-state index >= 15 is 0 Å². The summed E-state index contributed by atoms with van der Waals surface area (Å²) in [5.41, 5.74) is -1.01. The Hall–Kier alpha value is -2.39. The van der Waals surface area contributed by atoms with Crippen molar-refractivity contribution >= 4 is 5.91 Å². The Labute approximate surface area is 123 Å². The zero-order valence-corrected chi connectivity index (χ0v) is 11.7. The van der Waals surface area contributed by atoms with E-state index in [-0.39, 0.29) is 12.5 Å². The monoisotopic (exact) mass is 314 g/mol. The largest absolute Gasteiger partial charge is 0.435 e. The zero-order chi connectivity index (χ0) is 15.9. The normalized spacial score (nSPS) is 15.0. The Balaban J connectivity index is 1.67. The van der Waals surface area contributed by atoms with Gasteiger partial charge in [0.05, 0.1) is 6.54 Å². The first-order valence-electron chi connectivity index (χ1n) is 6.61. The molecule has 0 spiro atoms. The van der Waals surface area contributed by atoms with Gasteiger partial charge in [-0.3, -0.25) is 9.48 Å². The Morgan fingerprint density at radius 1 is 1.32 bits per heavy atom. The van der Waals surface area contributed by atoms with Crippen LogP contribution in [0.1, 0.15) is 17.3 Å². The molecule has 0 saturated carbocycles. The van der Waals surface area contributed by atoms with Crippen molar-refractivity contribution in [2.75, 3.05) is 6.54 Å². The fourth-order valence-corrected chi connectivity index (χ4v) is 2.36. The van der Waals surface area contributed by atoms with Gasteiger partial charge in [-0.2, -0.15) is 18.3 Å². The lowest BCUT2D eigenvalue weighted by Gasteiger charge is -2.27. The third kappa shape index (κ3) is 2.68. The highest BCUT2D eigenvalue weighted by Gasteiger charge is 2.34. The Kier molecular flexibility index (Phi) is 3.38. The maximum atomic E-state index is 12.5. The van der Waals surface area contributed by atoms with Crippen LogP contribution in [0.3, 0.4) is 0 Å². The van der Waals surface area contributed by atoms with Gasteiger partial charge in [0.15, 0.2) is 11.5 Å². The van der Waals surface area contributed by atoms with E-state index in [0.717, 1.165) is 22.8 Å². The van der Waals surface area contributed by atoms with Gasteiger partial charge in [0.25, 0.3) is 0 Å². The minimum absolute atomic E-state index is 0.233. The molecule has 10 heteroatoms. The number of fused-ring (bicyclic) bond motifs is 1. The molecule has 0 N–H and O–H groups in total. The molecule has 0 unspecified atom stereocenters. The lowest BCUT2D eigenvalue weighted by Crippen LogP contribution is -2.40. The van der Waals surface area contributed by atoms with Crippen LogP contribution in [0, 0.1) is 6.92 Å². The van der Waals surface area contributed by atoms with E-state index in [4.69, 9.17) is 0 Å². The molecule has 0 fully saturated rings. The summed E-state index contributed by atoms with van der Waals surface area (Å²) in [6.07, 6.45) is -3.36. The van der Waals surface area contributed by atoms with Crippen LogP contribution >= 0.6 is 0 Å². The molecule has 3 heterocycles. The molecule has 3 rings (SSSR count). The number of carbonyl (C=O) groups is 1. The number of hydrogen-bond donors (Lipinski definition) is 0. The van der Waals surface area contributed by atoms with Gasteiger partial charge in [0, 0.05) is 19.3 Å². The van der Waals surface area contributed by atoms with Gasteiger partial charge < -0.3 is 9.47 Å². The van der Waals surface area contributed by atoms with Crippen LogP contribution in [0.2, 0.25) is 0 Å². The quantitative estimate of drug-likeness (QED) is 0.824. The van der Waals surface area contributed by atoms with Gasteiger partial charge in [0.1, 0.15) is 12.4 Å². The molecule has 2 aromatic rings. The molecule has 0 bridgehead atoms. The molecule has 118 valence electrons. The molecule has 0 saturated heterocycles. The number of carbonyl (C=O) groups excluding carboxylic acids is 1. The van der Waals surface area contributed by atoms with Crippen molar-refractivity contribution in [3.05, 3.63) is 29.6 Å². The molecular weight excluding hydrogens is 301 g/mol.